The van der Waals surface area contributed by atoms with Gasteiger partial charge in [-0.15, -0.1) is 0 Å². The van der Waals surface area contributed by atoms with Crippen molar-refractivity contribution in [3.05, 3.63) is 35.5 Å². The number of allylic oxidation sites excluding steroid dienone is 4. The molecule has 4 rings (SSSR count). The normalized spacial score (nSPS) is 40.4. The van der Waals surface area contributed by atoms with E-state index in [1.165, 1.54) is 25.3 Å². The quantitative estimate of drug-likeness (QED) is 0.232. The second-order valence-corrected chi connectivity index (χ2v) is 13.7. The van der Waals surface area contributed by atoms with E-state index in [1.807, 2.05) is 6.08 Å². The zero-order valence-electron chi connectivity index (χ0n) is 23.7. The molecule has 3 saturated carbocycles. The molecule has 3 fully saturated rings. The van der Waals surface area contributed by atoms with Crippen LogP contribution in [0.5, 0.6) is 0 Å². The highest BCUT2D eigenvalue weighted by atomic mass is 16.5. The minimum atomic E-state index is -0.816. The number of rotatable bonds is 6. The van der Waals surface area contributed by atoms with E-state index < -0.39 is 5.97 Å². The molecule has 0 bridgehead atoms. The Balaban J connectivity index is 1.58. The van der Waals surface area contributed by atoms with Crippen molar-refractivity contribution in [3.8, 4) is 0 Å². The molecule has 0 heterocycles. The SMILES string of the molecule is C=C1CC2C(=CCC3C(C)(C)[C@H](OC(C)=O)CC[C@]23C)[C@]2(C)CCC([C@H](C)CC/C=C(/C)C(=O)O)C12. The van der Waals surface area contributed by atoms with E-state index in [-0.39, 0.29) is 28.3 Å². The molecule has 0 aromatic heterocycles. The monoisotopic (exact) mass is 496 g/mol. The number of hydrogen-bond donors (Lipinski definition) is 1. The van der Waals surface area contributed by atoms with Crippen LogP contribution < -0.4 is 0 Å². The highest BCUT2D eigenvalue weighted by Crippen LogP contribution is 2.70. The fraction of sp³-hybridized carbons (Fsp3) is 0.750. The van der Waals surface area contributed by atoms with Crippen LogP contribution in [0.3, 0.4) is 0 Å². The van der Waals surface area contributed by atoms with Crippen molar-refractivity contribution in [2.24, 2.45) is 45.8 Å². The molecule has 4 heteroatoms. The average Bonchev–Trinajstić information content (AvgIpc) is 3.15. The third kappa shape index (κ3) is 4.31. The molecule has 4 aliphatic rings. The van der Waals surface area contributed by atoms with Crippen LogP contribution in [0.4, 0.5) is 0 Å². The standard InChI is InChI=1S/C32H48O4/c1-19(10-9-11-20(2)29(34)35)23-14-16-32(8)24-12-13-26-30(5,6)27(36-22(4)33)15-17-31(26,7)25(24)18-21(3)28(23)32/h11-12,19,23,25-28H,3,9-10,13-18H2,1-2,4-8H3,(H,34,35)/b20-11-/t19-,23?,25?,26?,27-,28?,31-,32+/m1/s1. The van der Waals surface area contributed by atoms with Crippen LogP contribution in [0.2, 0.25) is 0 Å². The Bertz CT molecular complexity index is 986. The zero-order chi connectivity index (χ0) is 26.6. The van der Waals surface area contributed by atoms with E-state index in [9.17, 15) is 14.7 Å². The highest BCUT2D eigenvalue weighted by Gasteiger charge is 2.62. The molecule has 4 unspecified atom stereocenters. The molecule has 200 valence electrons. The van der Waals surface area contributed by atoms with Gasteiger partial charge in [0.05, 0.1) is 0 Å². The molecule has 0 spiro atoms. The summed E-state index contributed by atoms with van der Waals surface area (Å²) in [6, 6.07) is 0. The lowest BCUT2D eigenvalue weighted by Gasteiger charge is -2.63. The number of aliphatic carboxylic acids is 1. The number of hydrogen-bond acceptors (Lipinski definition) is 3. The van der Waals surface area contributed by atoms with Crippen molar-refractivity contribution in [1.82, 2.24) is 0 Å². The van der Waals surface area contributed by atoms with Gasteiger partial charge in [0.15, 0.2) is 0 Å². The molecule has 0 amide bonds. The van der Waals surface area contributed by atoms with Crippen molar-refractivity contribution in [1.29, 1.82) is 0 Å². The maximum atomic E-state index is 11.8. The first-order chi connectivity index (χ1) is 16.7. The van der Waals surface area contributed by atoms with Crippen molar-refractivity contribution >= 4 is 11.9 Å². The minimum Gasteiger partial charge on any atom is -0.478 e. The predicted molar refractivity (Wildman–Crippen MR) is 144 cm³/mol. The Morgan fingerprint density at radius 1 is 1.19 bits per heavy atom. The molecular formula is C32H48O4. The fourth-order valence-corrected chi connectivity index (χ4v) is 9.39. The van der Waals surface area contributed by atoms with Gasteiger partial charge in [-0.1, -0.05) is 64.5 Å². The van der Waals surface area contributed by atoms with Crippen LogP contribution >= 0.6 is 0 Å². The minimum absolute atomic E-state index is 0.00586. The molecule has 0 saturated heterocycles. The summed E-state index contributed by atoms with van der Waals surface area (Å²) in [5.41, 5.74) is 3.91. The van der Waals surface area contributed by atoms with Crippen LogP contribution in [0.1, 0.15) is 99.8 Å². The Hall–Kier alpha value is -1.84. The number of fused-ring (bicyclic) bond motifs is 5. The second-order valence-electron chi connectivity index (χ2n) is 13.7. The van der Waals surface area contributed by atoms with E-state index in [1.54, 1.807) is 12.5 Å². The number of carboxylic acid groups (broad SMARTS) is 1. The highest BCUT2D eigenvalue weighted by molar-refractivity contribution is 5.85. The number of carboxylic acids is 1. The van der Waals surface area contributed by atoms with Gasteiger partial charge >= 0.3 is 11.9 Å². The van der Waals surface area contributed by atoms with Gasteiger partial charge in [-0.25, -0.2) is 4.79 Å². The summed E-state index contributed by atoms with van der Waals surface area (Å²) in [5, 5.41) is 9.17. The van der Waals surface area contributed by atoms with Crippen molar-refractivity contribution in [3.63, 3.8) is 0 Å². The van der Waals surface area contributed by atoms with Gasteiger partial charge in [-0.3, -0.25) is 4.79 Å². The first-order valence-corrected chi connectivity index (χ1v) is 14.2. The molecule has 0 radical (unpaired) electrons. The summed E-state index contributed by atoms with van der Waals surface area (Å²) in [6.45, 7) is 20.0. The van der Waals surface area contributed by atoms with Gasteiger partial charge in [0.25, 0.3) is 0 Å². The van der Waals surface area contributed by atoms with Crippen LogP contribution in [-0.2, 0) is 14.3 Å². The van der Waals surface area contributed by atoms with Gasteiger partial charge in [-0.2, -0.15) is 0 Å². The number of ether oxygens (including phenoxy) is 1. The molecule has 0 aromatic carbocycles. The van der Waals surface area contributed by atoms with E-state index >= 15 is 0 Å². The van der Waals surface area contributed by atoms with Gasteiger partial charge in [0.2, 0.25) is 0 Å². The van der Waals surface area contributed by atoms with Crippen molar-refractivity contribution < 1.29 is 19.4 Å². The first-order valence-electron chi connectivity index (χ1n) is 14.2. The number of esters is 1. The lowest BCUT2D eigenvalue weighted by Crippen LogP contribution is -2.57. The topological polar surface area (TPSA) is 63.6 Å². The van der Waals surface area contributed by atoms with E-state index in [0.29, 0.717) is 35.2 Å². The third-order valence-corrected chi connectivity index (χ3v) is 11.3. The van der Waals surface area contributed by atoms with Crippen LogP contribution in [0, 0.1) is 45.8 Å². The molecular weight excluding hydrogens is 448 g/mol. The summed E-state index contributed by atoms with van der Waals surface area (Å²) in [6.07, 6.45) is 13.0. The molecule has 0 aromatic rings. The maximum absolute atomic E-state index is 11.8. The van der Waals surface area contributed by atoms with Crippen LogP contribution in [0.15, 0.2) is 35.5 Å². The molecule has 4 nitrogen and oxygen atoms in total. The maximum Gasteiger partial charge on any atom is 0.330 e. The Morgan fingerprint density at radius 2 is 1.89 bits per heavy atom. The first kappa shape index (κ1) is 27.2. The molecule has 0 aliphatic heterocycles. The molecule has 36 heavy (non-hydrogen) atoms. The van der Waals surface area contributed by atoms with Gasteiger partial charge in [-0.05, 0) is 98.7 Å². The Morgan fingerprint density at radius 3 is 2.53 bits per heavy atom. The van der Waals surface area contributed by atoms with Crippen molar-refractivity contribution in [2.75, 3.05) is 0 Å². The summed E-state index contributed by atoms with van der Waals surface area (Å²) in [4.78, 5) is 23.0. The largest absolute Gasteiger partial charge is 0.478 e. The van der Waals surface area contributed by atoms with Crippen molar-refractivity contribution in [2.45, 2.75) is 106 Å². The van der Waals surface area contributed by atoms with Gasteiger partial charge < -0.3 is 9.84 Å². The fourth-order valence-electron chi connectivity index (χ4n) is 9.39. The van der Waals surface area contributed by atoms with Crippen LogP contribution in [-0.4, -0.2) is 23.1 Å². The summed E-state index contributed by atoms with van der Waals surface area (Å²) in [7, 11) is 0. The average molecular weight is 497 g/mol. The lowest BCUT2D eigenvalue weighted by molar-refractivity contribution is -0.172. The summed E-state index contributed by atoms with van der Waals surface area (Å²) in [5.74, 6) is 1.72. The summed E-state index contributed by atoms with van der Waals surface area (Å²) < 4.78 is 5.83. The number of carbonyl (C=O) groups is 2. The van der Waals surface area contributed by atoms with Gasteiger partial charge in [0, 0.05) is 17.9 Å². The summed E-state index contributed by atoms with van der Waals surface area (Å²) >= 11 is 0. The Kier molecular flexibility index (Phi) is 7.16. The lowest BCUT2D eigenvalue weighted by atomic mass is 9.42. The third-order valence-electron chi connectivity index (χ3n) is 11.3. The molecule has 1 N–H and O–H groups in total. The van der Waals surface area contributed by atoms with E-state index in [4.69, 9.17) is 11.3 Å². The van der Waals surface area contributed by atoms with Gasteiger partial charge in [0.1, 0.15) is 6.10 Å². The smallest absolute Gasteiger partial charge is 0.330 e. The second kappa shape index (κ2) is 9.48. The predicted octanol–water partition coefficient (Wildman–Crippen LogP) is 7.75. The Labute approximate surface area is 218 Å². The molecule has 4 aliphatic carbocycles. The molecule has 8 atom stereocenters. The zero-order valence-corrected chi connectivity index (χ0v) is 23.7. The van der Waals surface area contributed by atoms with E-state index in [0.717, 1.165) is 38.5 Å². The number of carbonyl (C=O) groups excluding carboxylic acids is 1. The van der Waals surface area contributed by atoms with Crippen LogP contribution in [0.25, 0.3) is 0 Å². The van der Waals surface area contributed by atoms with E-state index in [2.05, 4.69) is 40.7 Å².